The highest BCUT2D eigenvalue weighted by atomic mass is 32.2. The van der Waals surface area contributed by atoms with E-state index in [0.717, 1.165) is 45.0 Å². The summed E-state index contributed by atoms with van der Waals surface area (Å²) >= 11 is 0. The topological polar surface area (TPSA) is 92.6 Å². The zero-order valence-corrected chi connectivity index (χ0v) is 14.3. The van der Waals surface area contributed by atoms with Gasteiger partial charge in [0.1, 0.15) is 0 Å². The van der Waals surface area contributed by atoms with Crippen LogP contribution in [0.5, 0.6) is 0 Å². The first-order valence-electron chi connectivity index (χ1n) is 7.83. The summed E-state index contributed by atoms with van der Waals surface area (Å²) in [5, 5.41) is 11.0. The van der Waals surface area contributed by atoms with Gasteiger partial charge in [0.15, 0.2) is 0 Å². The molecular weight excluding hydrogens is 318 g/mol. The number of nitrogens with zero attached hydrogens (tertiary/aromatic N) is 2. The Morgan fingerprint density at radius 1 is 1.35 bits per heavy atom. The van der Waals surface area contributed by atoms with Crippen molar-refractivity contribution in [2.45, 2.75) is 44.0 Å². The molecule has 2 rings (SSSR count). The van der Waals surface area contributed by atoms with Gasteiger partial charge in [-0.05, 0) is 51.9 Å². The van der Waals surface area contributed by atoms with Crippen molar-refractivity contribution in [1.29, 1.82) is 0 Å². The minimum absolute atomic E-state index is 0.0502. The molecule has 1 aromatic carbocycles. The number of benzene rings is 1. The molecule has 0 spiro atoms. The number of piperidine rings is 1. The molecular formula is C15H23N3O4S. The van der Waals surface area contributed by atoms with Crippen molar-refractivity contribution in [2.75, 3.05) is 19.6 Å². The molecule has 1 fully saturated rings. The van der Waals surface area contributed by atoms with E-state index in [4.69, 9.17) is 0 Å². The second-order valence-corrected chi connectivity index (χ2v) is 7.66. The van der Waals surface area contributed by atoms with E-state index in [0.29, 0.717) is 5.56 Å². The molecule has 0 aliphatic carbocycles. The van der Waals surface area contributed by atoms with Gasteiger partial charge in [-0.25, -0.2) is 13.1 Å². The number of aryl methyl sites for hydroxylation is 1. The van der Waals surface area contributed by atoms with Gasteiger partial charge in [0.25, 0.3) is 5.69 Å². The molecule has 0 saturated carbocycles. The predicted molar refractivity (Wildman–Crippen MR) is 87.9 cm³/mol. The van der Waals surface area contributed by atoms with E-state index in [-0.39, 0.29) is 16.6 Å². The van der Waals surface area contributed by atoms with Crippen LogP contribution in [0.2, 0.25) is 0 Å². The summed E-state index contributed by atoms with van der Waals surface area (Å²) in [5.41, 5.74) is 0.271. The molecule has 0 atom stereocenters. The number of hydrogen-bond donors (Lipinski definition) is 1. The molecule has 0 unspecified atom stereocenters. The summed E-state index contributed by atoms with van der Waals surface area (Å²) in [6, 6.07) is 3.89. The summed E-state index contributed by atoms with van der Waals surface area (Å²) in [5.74, 6) is 0. The third-order valence-electron chi connectivity index (χ3n) is 4.14. The van der Waals surface area contributed by atoms with E-state index >= 15 is 0 Å². The molecule has 23 heavy (non-hydrogen) atoms. The third-order valence-corrected chi connectivity index (χ3v) is 5.65. The van der Waals surface area contributed by atoms with Gasteiger partial charge in [0.2, 0.25) is 10.0 Å². The molecule has 8 heteroatoms. The Morgan fingerprint density at radius 3 is 2.57 bits per heavy atom. The molecule has 7 nitrogen and oxygen atoms in total. The molecule has 1 aromatic rings. The number of rotatable bonds is 6. The van der Waals surface area contributed by atoms with Gasteiger partial charge in [0.05, 0.1) is 9.82 Å². The van der Waals surface area contributed by atoms with Crippen LogP contribution in [0, 0.1) is 17.0 Å². The van der Waals surface area contributed by atoms with Crippen LogP contribution in [0.4, 0.5) is 5.69 Å². The SMILES string of the molecule is CCCN1CCC(NS(=O)(=O)c2ccc(C)c([N+](=O)[O-])c2)CC1. The summed E-state index contributed by atoms with van der Waals surface area (Å²) < 4.78 is 27.6. The van der Waals surface area contributed by atoms with E-state index in [1.807, 2.05) is 0 Å². The first kappa shape index (κ1) is 17.8. The smallest absolute Gasteiger partial charge is 0.273 e. The van der Waals surface area contributed by atoms with E-state index in [9.17, 15) is 18.5 Å². The maximum atomic E-state index is 12.4. The van der Waals surface area contributed by atoms with Gasteiger partial charge in [-0.15, -0.1) is 0 Å². The lowest BCUT2D eigenvalue weighted by atomic mass is 10.1. The number of nitrogens with one attached hydrogen (secondary N) is 1. The highest BCUT2D eigenvalue weighted by molar-refractivity contribution is 7.89. The fourth-order valence-corrected chi connectivity index (χ4v) is 4.16. The molecule has 1 N–H and O–H groups in total. The van der Waals surface area contributed by atoms with Crippen LogP contribution in [-0.2, 0) is 10.0 Å². The highest BCUT2D eigenvalue weighted by Gasteiger charge is 2.26. The maximum Gasteiger partial charge on any atom is 0.273 e. The standard InChI is InChI=1S/C15H23N3O4S/c1-3-8-17-9-6-13(7-10-17)16-23(21,22)14-5-4-12(2)15(11-14)18(19)20/h4-5,11,13,16H,3,6-10H2,1-2H3. The van der Waals surface area contributed by atoms with E-state index in [2.05, 4.69) is 16.5 Å². The molecule has 0 amide bonds. The van der Waals surface area contributed by atoms with Crippen molar-refractivity contribution in [3.05, 3.63) is 33.9 Å². The van der Waals surface area contributed by atoms with Gasteiger partial charge in [-0.1, -0.05) is 13.0 Å². The normalized spacial score (nSPS) is 17.3. The Labute approximate surface area is 136 Å². The van der Waals surface area contributed by atoms with Crippen molar-refractivity contribution in [3.63, 3.8) is 0 Å². The fraction of sp³-hybridized carbons (Fsp3) is 0.600. The monoisotopic (exact) mass is 341 g/mol. The maximum absolute atomic E-state index is 12.4. The molecule has 1 saturated heterocycles. The Balaban J connectivity index is 2.08. The van der Waals surface area contributed by atoms with Crippen molar-refractivity contribution in [2.24, 2.45) is 0 Å². The minimum Gasteiger partial charge on any atom is -0.303 e. The van der Waals surface area contributed by atoms with Crippen molar-refractivity contribution in [1.82, 2.24) is 9.62 Å². The quantitative estimate of drug-likeness (QED) is 0.631. The van der Waals surface area contributed by atoms with Crippen LogP contribution in [0.15, 0.2) is 23.1 Å². The number of hydrogen-bond acceptors (Lipinski definition) is 5. The van der Waals surface area contributed by atoms with Crippen LogP contribution < -0.4 is 4.72 Å². The van der Waals surface area contributed by atoms with Gasteiger partial charge in [-0.2, -0.15) is 0 Å². The molecule has 0 bridgehead atoms. The lowest BCUT2D eigenvalue weighted by Gasteiger charge is -2.31. The van der Waals surface area contributed by atoms with E-state index in [1.165, 1.54) is 12.1 Å². The van der Waals surface area contributed by atoms with E-state index < -0.39 is 14.9 Å². The Bertz CT molecular complexity index is 667. The molecule has 1 heterocycles. The highest BCUT2D eigenvalue weighted by Crippen LogP contribution is 2.23. The van der Waals surface area contributed by atoms with Crippen LogP contribution in [0.3, 0.4) is 0 Å². The van der Waals surface area contributed by atoms with Gasteiger partial charge in [-0.3, -0.25) is 10.1 Å². The lowest BCUT2D eigenvalue weighted by molar-refractivity contribution is -0.385. The summed E-state index contributed by atoms with van der Waals surface area (Å²) in [4.78, 5) is 12.7. The Morgan fingerprint density at radius 2 is 2.00 bits per heavy atom. The van der Waals surface area contributed by atoms with Crippen LogP contribution >= 0.6 is 0 Å². The van der Waals surface area contributed by atoms with Crippen molar-refractivity contribution < 1.29 is 13.3 Å². The lowest BCUT2D eigenvalue weighted by Crippen LogP contribution is -2.44. The van der Waals surface area contributed by atoms with Gasteiger partial charge in [0, 0.05) is 17.7 Å². The van der Waals surface area contributed by atoms with Crippen LogP contribution in [-0.4, -0.2) is 43.9 Å². The molecule has 0 aromatic heterocycles. The second kappa shape index (κ2) is 7.37. The van der Waals surface area contributed by atoms with Crippen LogP contribution in [0.25, 0.3) is 0 Å². The predicted octanol–water partition coefficient (Wildman–Crippen LogP) is 2.06. The molecule has 1 aliphatic heterocycles. The van der Waals surface area contributed by atoms with Gasteiger partial charge >= 0.3 is 0 Å². The molecule has 0 radical (unpaired) electrons. The van der Waals surface area contributed by atoms with Crippen molar-refractivity contribution in [3.8, 4) is 0 Å². The van der Waals surface area contributed by atoms with Crippen molar-refractivity contribution >= 4 is 15.7 Å². The number of sulfonamides is 1. The largest absolute Gasteiger partial charge is 0.303 e. The average Bonchev–Trinajstić information content (AvgIpc) is 2.49. The third kappa shape index (κ3) is 4.49. The second-order valence-electron chi connectivity index (χ2n) is 5.94. The molecule has 1 aliphatic rings. The van der Waals surface area contributed by atoms with E-state index in [1.54, 1.807) is 6.92 Å². The zero-order valence-electron chi connectivity index (χ0n) is 13.5. The zero-order chi connectivity index (χ0) is 17.0. The first-order valence-corrected chi connectivity index (χ1v) is 9.31. The fourth-order valence-electron chi connectivity index (χ4n) is 2.83. The minimum atomic E-state index is -3.74. The Kier molecular flexibility index (Phi) is 5.72. The average molecular weight is 341 g/mol. The van der Waals surface area contributed by atoms with Crippen LogP contribution in [0.1, 0.15) is 31.7 Å². The summed E-state index contributed by atoms with van der Waals surface area (Å²) in [7, 11) is -3.74. The number of nitro benzene ring substituents is 1. The first-order chi connectivity index (χ1) is 10.8. The summed E-state index contributed by atoms with van der Waals surface area (Å²) in [6.07, 6.45) is 2.60. The molecule has 128 valence electrons. The van der Waals surface area contributed by atoms with Gasteiger partial charge < -0.3 is 4.90 Å². The Hall–Kier alpha value is -1.51. The number of likely N-dealkylation sites (tertiary alicyclic amines) is 1. The summed E-state index contributed by atoms with van der Waals surface area (Å²) in [6.45, 7) is 6.48. The number of nitro groups is 1.